The predicted molar refractivity (Wildman–Crippen MR) is 270 cm³/mol. The fourth-order valence-corrected chi connectivity index (χ4v) is 6.48. The zero-order chi connectivity index (χ0) is 53.7. The molecule has 0 aliphatic carbocycles. The molecule has 4 aromatic carbocycles. The van der Waals surface area contributed by atoms with Crippen molar-refractivity contribution in [1.82, 2.24) is 10.6 Å². The Hall–Kier alpha value is -6.25. The standard InChI is InChI=1S/C28H39NO8.C27H35NO8/c1-20(30)25(36-17-22-14-10-7-11-15-22)24(35-16-21-12-8-6-9-13-21)19-34-18-23(26(31)33-5)29-27(32)37-28(2,3)4;1-27(2,3)36-26(31)28-22(25(30)32-4)18-33-19-24(35-17-21-13-9-6-10-14-21)23(15-29)34-16-20-11-7-5-8-12-20/h6-15,20,23-25,30H,16-19H2,1-5H3,(H,29,32);5-15,22-24H,16-19H2,1-4H3,(H,28,31)/t20-,23-,24-,25-;22-,23-,24-/m00/s1. The number of hydrogen-bond donors (Lipinski definition) is 3. The summed E-state index contributed by atoms with van der Waals surface area (Å²) < 4.78 is 55.4. The Bertz CT molecular complexity index is 2170. The largest absolute Gasteiger partial charge is 0.467 e. The van der Waals surface area contributed by atoms with E-state index in [0.717, 1.165) is 22.3 Å². The van der Waals surface area contributed by atoms with E-state index in [2.05, 4.69) is 10.6 Å². The first-order chi connectivity index (χ1) is 34.8. The molecule has 2 amide bonds. The van der Waals surface area contributed by atoms with Gasteiger partial charge >= 0.3 is 24.1 Å². The van der Waals surface area contributed by atoms with Crippen LogP contribution in [0, 0.1) is 0 Å². The first-order valence-corrected chi connectivity index (χ1v) is 23.9. The normalized spacial score (nSPS) is 14.3. The Morgan fingerprint density at radius 1 is 0.507 bits per heavy atom. The van der Waals surface area contributed by atoms with Crippen LogP contribution in [0.5, 0.6) is 0 Å². The number of aliphatic hydroxyl groups excluding tert-OH is 1. The van der Waals surface area contributed by atoms with Gasteiger partial charge in [0.1, 0.15) is 35.6 Å². The molecule has 0 aromatic heterocycles. The summed E-state index contributed by atoms with van der Waals surface area (Å²) in [5.74, 6) is -1.38. The van der Waals surface area contributed by atoms with Crippen LogP contribution < -0.4 is 10.6 Å². The molecular weight excluding hydrogens is 945 g/mol. The Morgan fingerprint density at radius 3 is 1.16 bits per heavy atom. The highest BCUT2D eigenvalue weighted by Crippen LogP contribution is 2.17. The summed E-state index contributed by atoms with van der Waals surface area (Å²) >= 11 is 0. The van der Waals surface area contributed by atoms with Crippen LogP contribution in [-0.4, -0.2) is 130 Å². The molecule has 73 heavy (non-hydrogen) atoms. The number of methoxy groups -OCH3 is 2. The van der Waals surface area contributed by atoms with Gasteiger partial charge in [0.05, 0.1) is 73.2 Å². The van der Waals surface area contributed by atoms with Gasteiger partial charge < -0.3 is 67.9 Å². The minimum absolute atomic E-state index is 0.0132. The van der Waals surface area contributed by atoms with E-state index in [-0.39, 0.29) is 52.9 Å². The predicted octanol–water partition coefficient (Wildman–Crippen LogP) is 7.06. The Labute approximate surface area is 429 Å². The maximum Gasteiger partial charge on any atom is 0.408 e. The molecule has 0 heterocycles. The van der Waals surface area contributed by atoms with Crippen molar-refractivity contribution in [3.05, 3.63) is 144 Å². The third-order valence-corrected chi connectivity index (χ3v) is 10.0. The fraction of sp³-hybridized carbons (Fsp3) is 0.473. The lowest BCUT2D eigenvalue weighted by atomic mass is 10.1. The van der Waals surface area contributed by atoms with Crippen molar-refractivity contribution in [3.63, 3.8) is 0 Å². The maximum atomic E-state index is 12.2. The smallest absolute Gasteiger partial charge is 0.408 e. The Kier molecular flexibility index (Phi) is 27.4. The van der Waals surface area contributed by atoms with Gasteiger partial charge in [-0.1, -0.05) is 121 Å². The quantitative estimate of drug-likeness (QED) is 0.0294. The molecule has 4 rings (SSSR count). The van der Waals surface area contributed by atoms with Gasteiger partial charge in [0.25, 0.3) is 0 Å². The minimum atomic E-state index is -1.11. The lowest BCUT2D eigenvalue weighted by Gasteiger charge is -2.30. The number of rotatable bonds is 28. The second kappa shape index (κ2) is 32.7. The Balaban J connectivity index is 0.000000385. The number of carbonyl (C=O) groups excluding carboxylic acids is 5. The van der Waals surface area contributed by atoms with E-state index >= 15 is 0 Å². The van der Waals surface area contributed by atoms with E-state index in [1.165, 1.54) is 14.2 Å². The van der Waals surface area contributed by atoms with Gasteiger partial charge in [-0.25, -0.2) is 19.2 Å². The van der Waals surface area contributed by atoms with Crippen LogP contribution in [0.1, 0.15) is 70.7 Å². The van der Waals surface area contributed by atoms with Crippen LogP contribution in [0.2, 0.25) is 0 Å². The van der Waals surface area contributed by atoms with Crippen molar-refractivity contribution >= 4 is 30.4 Å². The SMILES string of the molecule is COC(=O)[C@H](COC[C@H](OCc1ccccc1)[C@@H](OCc1ccccc1)[C@H](C)O)NC(=O)OC(C)(C)C.COC(=O)[C@H](COC[C@H](OCc1ccccc1)[C@H](C=O)OCc1ccccc1)NC(=O)OC(C)(C)C. The molecule has 0 fully saturated rings. The summed E-state index contributed by atoms with van der Waals surface area (Å²) in [6.45, 7) is 12.4. The number of aliphatic hydroxyl groups is 1. The molecule has 4 aromatic rings. The summed E-state index contributed by atoms with van der Waals surface area (Å²) in [6.07, 6.45) is -4.85. The average molecular weight is 1020 g/mol. The highest BCUT2D eigenvalue weighted by atomic mass is 16.6. The van der Waals surface area contributed by atoms with Crippen LogP contribution >= 0.6 is 0 Å². The van der Waals surface area contributed by atoms with Crippen LogP contribution in [-0.2, 0) is 88.2 Å². The molecule has 0 unspecified atom stereocenters. The first-order valence-electron chi connectivity index (χ1n) is 23.9. The number of amides is 2. The molecular formula is C55H74N2O16. The molecule has 18 nitrogen and oxygen atoms in total. The molecule has 3 N–H and O–H groups in total. The van der Waals surface area contributed by atoms with E-state index in [0.29, 0.717) is 6.29 Å². The molecule has 0 bridgehead atoms. The minimum Gasteiger partial charge on any atom is -0.467 e. The molecule has 0 aliphatic heterocycles. The highest BCUT2D eigenvalue weighted by molar-refractivity contribution is 5.82. The second-order valence-corrected chi connectivity index (χ2v) is 18.6. The van der Waals surface area contributed by atoms with Gasteiger partial charge in [-0.3, -0.25) is 0 Å². The van der Waals surface area contributed by atoms with Gasteiger partial charge in [-0.15, -0.1) is 0 Å². The molecule has 0 saturated heterocycles. The molecule has 0 spiro atoms. The summed E-state index contributed by atoms with van der Waals surface area (Å²) in [6, 6.07) is 35.9. The summed E-state index contributed by atoms with van der Waals surface area (Å²) in [4.78, 5) is 60.6. The number of benzene rings is 4. The van der Waals surface area contributed by atoms with E-state index in [9.17, 15) is 29.1 Å². The van der Waals surface area contributed by atoms with Gasteiger partial charge in [0.15, 0.2) is 18.4 Å². The number of hydrogen-bond acceptors (Lipinski definition) is 16. The summed E-state index contributed by atoms with van der Waals surface area (Å²) in [5.41, 5.74) is 2.23. The third kappa shape index (κ3) is 25.8. The average Bonchev–Trinajstić information content (AvgIpc) is 3.36. The number of carbonyl (C=O) groups is 5. The molecule has 18 heteroatoms. The van der Waals surface area contributed by atoms with Crippen molar-refractivity contribution in [1.29, 1.82) is 0 Å². The lowest BCUT2D eigenvalue weighted by Crippen LogP contribution is -2.48. The zero-order valence-corrected chi connectivity index (χ0v) is 43.4. The molecule has 0 radical (unpaired) electrons. The van der Waals surface area contributed by atoms with Gasteiger partial charge in [0, 0.05) is 0 Å². The molecule has 400 valence electrons. The van der Waals surface area contributed by atoms with Gasteiger partial charge in [-0.05, 0) is 70.7 Å². The van der Waals surface area contributed by atoms with Crippen molar-refractivity contribution < 1.29 is 76.4 Å². The van der Waals surface area contributed by atoms with Crippen molar-refractivity contribution in [2.75, 3.05) is 40.6 Å². The number of esters is 2. The molecule has 7 atom stereocenters. The number of nitrogens with one attached hydrogen (secondary N) is 2. The van der Waals surface area contributed by atoms with Crippen molar-refractivity contribution in [2.45, 2.75) is 129 Å². The van der Waals surface area contributed by atoms with Crippen molar-refractivity contribution in [3.8, 4) is 0 Å². The monoisotopic (exact) mass is 1020 g/mol. The molecule has 0 aliphatic rings. The Morgan fingerprint density at radius 2 is 0.836 bits per heavy atom. The third-order valence-electron chi connectivity index (χ3n) is 10.0. The van der Waals surface area contributed by atoms with E-state index in [1.54, 1.807) is 48.5 Å². The van der Waals surface area contributed by atoms with E-state index in [4.69, 9.17) is 47.4 Å². The maximum absolute atomic E-state index is 12.2. The number of aldehydes is 1. The number of ether oxygens (including phenoxy) is 10. The van der Waals surface area contributed by atoms with Gasteiger partial charge in [-0.2, -0.15) is 0 Å². The van der Waals surface area contributed by atoms with Crippen LogP contribution in [0.15, 0.2) is 121 Å². The first kappa shape index (κ1) is 61.1. The second-order valence-electron chi connectivity index (χ2n) is 18.6. The lowest BCUT2D eigenvalue weighted by molar-refractivity contribution is -0.154. The van der Waals surface area contributed by atoms with Crippen LogP contribution in [0.3, 0.4) is 0 Å². The zero-order valence-electron chi connectivity index (χ0n) is 43.4. The summed E-state index contributed by atoms with van der Waals surface area (Å²) in [7, 11) is 2.43. The van der Waals surface area contributed by atoms with Gasteiger partial charge in [0.2, 0.25) is 0 Å². The topological polar surface area (TPSA) is 222 Å². The fourth-order valence-electron chi connectivity index (χ4n) is 6.48. The number of alkyl carbamates (subject to hydrolysis) is 2. The molecule has 0 saturated carbocycles. The van der Waals surface area contributed by atoms with E-state index in [1.807, 2.05) is 121 Å². The summed E-state index contributed by atoms with van der Waals surface area (Å²) in [5, 5.41) is 15.4. The van der Waals surface area contributed by atoms with Crippen LogP contribution in [0.25, 0.3) is 0 Å². The van der Waals surface area contributed by atoms with Crippen molar-refractivity contribution in [2.24, 2.45) is 0 Å². The highest BCUT2D eigenvalue weighted by Gasteiger charge is 2.32. The van der Waals surface area contributed by atoms with Crippen LogP contribution in [0.4, 0.5) is 9.59 Å². The van der Waals surface area contributed by atoms with E-state index < -0.39 is 77.9 Å².